The molecule has 0 radical (unpaired) electrons. The fourth-order valence-electron chi connectivity index (χ4n) is 1.17. The van der Waals surface area contributed by atoms with E-state index in [9.17, 15) is 8.42 Å². The highest BCUT2D eigenvalue weighted by Gasteiger charge is 2.14. The molecule has 1 aromatic carbocycles. The molecule has 16 heavy (non-hydrogen) atoms. The number of anilines is 1. The molecule has 0 atom stereocenters. The Hall–Kier alpha value is -0.740. The lowest BCUT2D eigenvalue weighted by atomic mass is 10.3. The van der Waals surface area contributed by atoms with E-state index in [2.05, 4.69) is 5.32 Å². The molecule has 1 aromatic rings. The first-order chi connectivity index (χ1) is 7.42. The summed E-state index contributed by atoms with van der Waals surface area (Å²) >= 11 is 5.81. The first-order valence-electron chi connectivity index (χ1n) is 5.13. The summed E-state index contributed by atoms with van der Waals surface area (Å²) in [5.74, 6) is 0.136. The Balaban J connectivity index is 2.48. The number of halogens is 1. The van der Waals surface area contributed by atoms with Gasteiger partial charge in [0.05, 0.1) is 11.0 Å². The van der Waals surface area contributed by atoms with Gasteiger partial charge in [-0.2, -0.15) is 0 Å². The maximum Gasteiger partial charge on any atom is 0.154 e. The molecule has 0 bridgehead atoms. The van der Waals surface area contributed by atoms with Crippen LogP contribution in [0.1, 0.15) is 13.8 Å². The predicted octanol–water partition coefficient (Wildman–Crippen LogP) is 2.58. The van der Waals surface area contributed by atoms with E-state index in [1.165, 1.54) is 0 Å². The molecule has 0 fully saturated rings. The molecule has 0 heterocycles. The Morgan fingerprint density at radius 1 is 1.38 bits per heavy atom. The molecule has 0 spiro atoms. The van der Waals surface area contributed by atoms with Gasteiger partial charge in [-0.15, -0.1) is 0 Å². The predicted molar refractivity (Wildman–Crippen MR) is 68.9 cm³/mol. The van der Waals surface area contributed by atoms with Crippen LogP contribution in [0.5, 0.6) is 0 Å². The van der Waals surface area contributed by atoms with Crippen LogP contribution in [0.3, 0.4) is 0 Å². The normalized spacial score (nSPS) is 11.8. The van der Waals surface area contributed by atoms with Crippen molar-refractivity contribution >= 4 is 27.1 Å². The first kappa shape index (κ1) is 13.3. The van der Waals surface area contributed by atoms with Crippen molar-refractivity contribution in [3.05, 3.63) is 29.3 Å². The second-order valence-corrected chi connectivity index (χ2v) is 6.97. The Bertz CT molecular complexity index is 443. The van der Waals surface area contributed by atoms with Crippen LogP contribution in [-0.2, 0) is 9.84 Å². The third-order valence-corrected chi connectivity index (χ3v) is 4.70. The Labute approximate surface area is 102 Å². The molecule has 90 valence electrons. The number of nitrogens with one attached hydrogen (secondary N) is 1. The van der Waals surface area contributed by atoms with Crippen LogP contribution in [0.15, 0.2) is 24.3 Å². The molecule has 0 amide bonds. The third kappa shape index (κ3) is 4.02. The largest absolute Gasteiger partial charge is 0.384 e. The quantitative estimate of drug-likeness (QED) is 0.886. The van der Waals surface area contributed by atoms with Gasteiger partial charge in [-0.25, -0.2) is 8.42 Å². The van der Waals surface area contributed by atoms with Crippen LogP contribution in [0.2, 0.25) is 5.02 Å². The van der Waals surface area contributed by atoms with Gasteiger partial charge in [-0.3, -0.25) is 0 Å². The van der Waals surface area contributed by atoms with Crippen LogP contribution in [-0.4, -0.2) is 26.0 Å². The van der Waals surface area contributed by atoms with Crippen molar-refractivity contribution in [2.45, 2.75) is 19.1 Å². The average molecular weight is 262 g/mol. The molecular weight excluding hydrogens is 246 g/mol. The summed E-state index contributed by atoms with van der Waals surface area (Å²) in [6.45, 7) is 3.78. The van der Waals surface area contributed by atoms with Gasteiger partial charge in [-0.1, -0.05) is 17.7 Å². The lowest BCUT2D eigenvalue weighted by Crippen LogP contribution is -2.22. The van der Waals surface area contributed by atoms with Crippen molar-refractivity contribution in [2.75, 3.05) is 17.6 Å². The molecule has 0 saturated heterocycles. The molecule has 3 nitrogen and oxygen atoms in total. The van der Waals surface area contributed by atoms with Crippen LogP contribution < -0.4 is 5.32 Å². The van der Waals surface area contributed by atoms with E-state index in [1.807, 2.05) is 12.1 Å². The Morgan fingerprint density at radius 2 is 2.06 bits per heavy atom. The van der Waals surface area contributed by atoms with Crippen molar-refractivity contribution in [3.63, 3.8) is 0 Å². The summed E-state index contributed by atoms with van der Waals surface area (Å²) in [7, 11) is -2.97. The monoisotopic (exact) mass is 261 g/mol. The highest BCUT2D eigenvalue weighted by atomic mass is 35.5. The van der Waals surface area contributed by atoms with E-state index in [0.29, 0.717) is 11.6 Å². The molecule has 0 aromatic heterocycles. The van der Waals surface area contributed by atoms with Gasteiger partial charge in [-0.05, 0) is 32.0 Å². The minimum atomic E-state index is -2.97. The fraction of sp³-hybridized carbons (Fsp3) is 0.455. The number of sulfone groups is 1. The lowest BCUT2D eigenvalue weighted by molar-refractivity contribution is 0.588. The van der Waals surface area contributed by atoms with Crippen LogP contribution in [0.4, 0.5) is 5.69 Å². The second-order valence-electron chi connectivity index (χ2n) is 3.85. The highest BCUT2D eigenvalue weighted by molar-refractivity contribution is 7.92. The number of hydrogen-bond acceptors (Lipinski definition) is 3. The topological polar surface area (TPSA) is 46.2 Å². The Kier molecular flexibility index (Phi) is 4.62. The third-order valence-electron chi connectivity index (χ3n) is 2.26. The summed E-state index contributed by atoms with van der Waals surface area (Å²) < 4.78 is 23.0. The Morgan fingerprint density at radius 3 is 2.62 bits per heavy atom. The van der Waals surface area contributed by atoms with E-state index < -0.39 is 9.84 Å². The molecular formula is C11H16ClNO2S. The highest BCUT2D eigenvalue weighted by Crippen LogP contribution is 2.14. The zero-order valence-corrected chi connectivity index (χ0v) is 11.0. The van der Waals surface area contributed by atoms with Crippen molar-refractivity contribution in [1.82, 2.24) is 0 Å². The van der Waals surface area contributed by atoms with Gasteiger partial charge in [0.15, 0.2) is 9.84 Å². The van der Waals surface area contributed by atoms with Gasteiger partial charge in [0.25, 0.3) is 0 Å². The first-order valence-corrected chi connectivity index (χ1v) is 7.22. The molecule has 0 aliphatic rings. The molecule has 5 heteroatoms. The molecule has 0 aliphatic carbocycles. The fourth-order valence-corrected chi connectivity index (χ4v) is 2.22. The maximum atomic E-state index is 11.5. The minimum absolute atomic E-state index is 0.136. The zero-order valence-electron chi connectivity index (χ0n) is 9.40. The summed E-state index contributed by atoms with van der Waals surface area (Å²) in [5, 5.41) is 3.34. The van der Waals surface area contributed by atoms with E-state index in [1.54, 1.807) is 26.0 Å². The molecule has 0 aliphatic heterocycles. The van der Waals surface area contributed by atoms with E-state index in [0.717, 1.165) is 5.69 Å². The van der Waals surface area contributed by atoms with Gasteiger partial charge >= 0.3 is 0 Å². The van der Waals surface area contributed by atoms with E-state index >= 15 is 0 Å². The van der Waals surface area contributed by atoms with Crippen molar-refractivity contribution < 1.29 is 8.42 Å². The number of hydrogen-bond donors (Lipinski definition) is 1. The van der Waals surface area contributed by atoms with Gasteiger partial charge in [0.2, 0.25) is 0 Å². The smallest absolute Gasteiger partial charge is 0.154 e. The van der Waals surface area contributed by atoms with E-state index in [4.69, 9.17) is 11.6 Å². The molecule has 0 unspecified atom stereocenters. The van der Waals surface area contributed by atoms with Crippen LogP contribution in [0, 0.1) is 0 Å². The van der Waals surface area contributed by atoms with Crippen molar-refractivity contribution in [2.24, 2.45) is 0 Å². The number of rotatable bonds is 5. The SMILES string of the molecule is CC(C)S(=O)(=O)CCNc1cccc(Cl)c1. The van der Waals surface area contributed by atoms with E-state index in [-0.39, 0.29) is 11.0 Å². The summed E-state index contributed by atoms with van der Waals surface area (Å²) in [5.41, 5.74) is 0.839. The van der Waals surface area contributed by atoms with Gasteiger partial charge in [0.1, 0.15) is 0 Å². The van der Waals surface area contributed by atoms with Gasteiger partial charge < -0.3 is 5.32 Å². The summed E-state index contributed by atoms with van der Waals surface area (Å²) in [6, 6.07) is 7.22. The minimum Gasteiger partial charge on any atom is -0.384 e. The van der Waals surface area contributed by atoms with Crippen LogP contribution in [0.25, 0.3) is 0 Å². The van der Waals surface area contributed by atoms with Crippen molar-refractivity contribution in [3.8, 4) is 0 Å². The van der Waals surface area contributed by atoms with Crippen molar-refractivity contribution in [1.29, 1.82) is 0 Å². The van der Waals surface area contributed by atoms with Crippen LogP contribution >= 0.6 is 11.6 Å². The standard InChI is InChI=1S/C11H16ClNO2S/c1-9(2)16(14,15)7-6-13-11-5-3-4-10(12)8-11/h3-5,8-9,13H,6-7H2,1-2H3. The second kappa shape index (κ2) is 5.55. The summed E-state index contributed by atoms with van der Waals surface area (Å²) in [4.78, 5) is 0. The summed E-state index contributed by atoms with van der Waals surface area (Å²) in [6.07, 6.45) is 0. The maximum absolute atomic E-state index is 11.5. The molecule has 1 rings (SSSR count). The zero-order chi connectivity index (χ0) is 12.2. The number of benzene rings is 1. The lowest BCUT2D eigenvalue weighted by Gasteiger charge is -2.09. The van der Waals surface area contributed by atoms with Gasteiger partial charge in [0, 0.05) is 17.3 Å². The molecule has 1 N–H and O–H groups in total. The average Bonchev–Trinajstić information content (AvgIpc) is 2.17. The molecule has 0 saturated carbocycles.